The van der Waals surface area contributed by atoms with Crippen molar-refractivity contribution in [2.24, 2.45) is 11.8 Å². The van der Waals surface area contributed by atoms with Crippen LogP contribution in [-0.2, 0) is 10.0 Å². The molecule has 0 aromatic carbocycles. The SMILES string of the molecule is CN1CCC(S(=O)(=O)N2CCN(C3C(NC(=O)c4c(N)nn5c4NCC(F)C5C4CCCCCCCCC4)CNC(C4CCCCCCCC4)C3F)CC2)CC1. The van der Waals surface area contributed by atoms with Crippen LogP contribution < -0.4 is 21.7 Å². The molecule has 6 unspecified atom stereocenters. The third-order valence-electron chi connectivity index (χ3n) is 14.4. The van der Waals surface area contributed by atoms with E-state index in [1.807, 2.05) is 7.05 Å². The van der Waals surface area contributed by atoms with E-state index < -0.39 is 46.4 Å². The molecule has 6 atom stereocenters. The Morgan fingerprint density at radius 1 is 0.750 bits per heavy atom. The van der Waals surface area contributed by atoms with Crippen molar-refractivity contribution in [2.45, 2.75) is 164 Å². The summed E-state index contributed by atoms with van der Waals surface area (Å²) in [4.78, 5) is 18.7. The van der Waals surface area contributed by atoms with Crippen molar-refractivity contribution < 1.29 is 22.0 Å². The summed E-state index contributed by atoms with van der Waals surface area (Å²) in [6.07, 6.45) is 17.7. The van der Waals surface area contributed by atoms with Gasteiger partial charge in [-0.3, -0.25) is 9.69 Å². The number of nitrogens with one attached hydrogen (secondary N) is 3. The molecule has 56 heavy (non-hydrogen) atoms. The number of nitrogens with zero attached hydrogens (tertiary/aromatic N) is 5. The summed E-state index contributed by atoms with van der Waals surface area (Å²) in [5, 5.41) is 14.2. The van der Waals surface area contributed by atoms with Crippen molar-refractivity contribution in [3.63, 3.8) is 0 Å². The quantitative estimate of drug-likeness (QED) is 0.282. The van der Waals surface area contributed by atoms with Gasteiger partial charge >= 0.3 is 0 Å². The number of nitrogen functional groups attached to an aromatic ring is 1. The van der Waals surface area contributed by atoms with E-state index in [0.29, 0.717) is 51.4 Å². The maximum absolute atomic E-state index is 17.4. The van der Waals surface area contributed by atoms with Crippen LogP contribution in [0.4, 0.5) is 20.4 Å². The first-order valence-electron chi connectivity index (χ1n) is 22.5. The molecule has 6 aliphatic rings. The van der Waals surface area contributed by atoms with Crippen LogP contribution in [0, 0.1) is 11.8 Å². The highest BCUT2D eigenvalue weighted by Crippen LogP contribution is 2.41. The van der Waals surface area contributed by atoms with Gasteiger partial charge in [-0.05, 0) is 70.5 Å². The zero-order chi connectivity index (χ0) is 39.2. The van der Waals surface area contributed by atoms with E-state index in [2.05, 4.69) is 30.8 Å². The highest BCUT2D eigenvalue weighted by molar-refractivity contribution is 7.89. The number of halogens is 2. The second-order valence-corrected chi connectivity index (χ2v) is 20.4. The summed E-state index contributed by atoms with van der Waals surface area (Å²) in [5.74, 6) is 0.367. The van der Waals surface area contributed by atoms with E-state index in [9.17, 15) is 13.2 Å². The van der Waals surface area contributed by atoms with Gasteiger partial charge in [-0.15, -0.1) is 0 Å². The number of rotatable bonds is 7. The molecule has 2 saturated carbocycles. The van der Waals surface area contributed by atoms with Crippen molar-refractivity contribution in [1.29, 1.82) is 0 Å². The number of hydrogen-bond acceptors (Lipinski definition) is 9. The first kappa shape index (κ1) is 42.1. The van der Waals surface area contributed by atoms with Gasteiger partial charge in [0, 0.05) is 45.3 Å². The summed E-state index contributed by atoms with van der Waals surface area (Å²) in [5.41, 5.74) is 6.73. The zero-order valence-corrected chi connectivity index (χ0v) is 34.8. The lowest BCUT2D eigenvalue weighted by molar-refractivity contribution is 0.00140. The minimum Gasteiger partial charge on any atom is -0.381 e. The lowest BCUT2D eigenvalue weighted by Crippen LogP contribution is -2.71. The standard InChI is InChI=1S/C41H71F2N9O3S/c1-49-21-19-31(20-22-49)56(54,55)51-25-23-50(24-26-51)38-33(28-45-36(35(38)43)29-15-11-7-5-6-8-12-16-29)47-41(53)34-39(44)48-52-37(32(42)27-46-40(34)52)30-17-13-9-3-2-4-10-14-18-30/h29-33,35-38,45-46H,2-28H2,1H3,(H2,44,48)(H,47,53). The normalized spacial score (nSPS) is 32.7. The lowest BCUT2D eigenvalue weighted by atomic mass is 9.80. The van der Waals surface area contributed by atoms with Gasteiger partial charge in [-0.1, -0.05) is 83.5 Å². The number of nitrogens with two attached hydrogens (primary N) is 1. The lowest BCUT2D eigenvalue weighted by Gasteiger charge is -2.49. The van der Waals surface area contributed by atoms with Gasteiger partial charge in [0.15, 0.2) is 5.82 Å². The van der Waals surface area contributed by atoms with Crippen LogP contribution in [0.3, 0.4) is 0 Å². The highest BCUT2D eigenvalue weighted by atomic mass is 32.2. The second kappa shape index (κ2) is 19.3. The molecule has 1 aromatic heterocycles. The fourth-order valence-corrected chi connectivity index (χ4v) is 13.1. The van der Waals surface area contributed by atoms with Crippen molar-refractivity contribution >= 4 is 27.6 Å². The Labute approximate surface area is 334 Å². The van der Waals surface area contributed by atoms with Crippen LogP contribution in [0.1, 0.15) is 138 Å². The molecule has 15 heteroatoms. The predicted octanol–water partition coefficient (Wildman–Crippen LogP) is 5.48. The van der Waals surface area contributed by atoms with Gasteiger partial charge in [0.1, 0.15) is 23.7 Å². The number of piperazine rings is 1. The Morgan fingerprint density at radius 2 is 1.30 bits per heavy atom. The number of carbonyl (C=O) groups is 1. The van der Waals surface area contributed by atoms with Crippen LogP contribution in [0.15, 0.2) is 0 Å². The van der Waals surface area contributed by atoms with Crippen molar-refractivity contribution in [2.75, 3.05) is 70.5 Å². The van der Waals surface area contributed by atoms with Gasteiger partial charge in [-0.25, -0.2) is 21.9 Å². The van der Waals surface area contributed by atoms with Gasteiger partial charge in [0.25, 0.3) is 5.91 Å². The minimum atomic E-state index is -3.47. The average Bonchev–Trinajstić information content (AvgIpc) is 3.59. The molecule has 318 valence electrons. The van der Waals surface area contributed by atoms with E-state index >= 15 is 8.78 Å². The Hall–Kier alpha value is -2.07. The topological polar surface area (TPSA) is 141 Å². The molecular formula is C41H71F2N9O3S. The Bertz CT molecular complexity index is 1510. The fraction of sp³-hybridized carbons (Fsp3) is 0.902. The number of carbonyl (C=O) groups excluding carboxylic acids is 1. The molecule has 0 spiro atoms. The molecule has 1 amide bonds. The van der Waals surface area contributed by atoms with Gasteiger partial charge in [0.05, 0.1) is 23.4 Å². The Kier molecular flexibility index (Phi) is 14.5. The molecule has 1 aromatic rings. The van der Waals surface area contributed by atoms with Gasteiger partial charge < -0.3 is 26.6 Å². The van der Waals surface area contributed by atoms with E-state index in [-0.39, 0.29) is 41.1 Å². The molecule has 12 nitrogen and oxygen atoms in total. The van der Waals surface area contributed by atoms with Gasteiger partial charge in [0.2, 0.25) is 10.0 Å². The first-order chi connectivity index (χ1) is 27.1. The van der Waals surface area contributed by atoms with E-state index in [1.54, 1.807) is 8.99 Å². The number of fused-ring (bicyclic) bond motifs is 1. The summed E-state index contributed by atoms with van der Waals surface area (Å²) in [7, 11) is -1.44. The molecule has 0 bridgehead atoms. The van der Waals surface area contributed by atoms with Crippen LogP contribution >= 0.6 is 0 Å². The van der Waals surface area contributed by atoms with Gasteiger partial charge in [-0.2, -0.15) is 9.40 Å². The molecule has 0 radical (unpaired) electrons. The highest BCUT2D eigenvalue weighted by Gasteiger charge is 2.48. The number of alkyl halides is 2. The predicted molar refractivity (Wildman–Crippen MR) is 219 cm³/mol. The molecule has 5 heterocycles. The van der Waals surface area contributed by atoms with Crippen molar-refractivity contribution in [3.8, 4) is 0 Å². The monoisotopic (exact) mass is 808 g/mol. The van der Waals surface area contributed by atoms with Crippen LogP contribution in [0.2, 0.25) is 0 Å². The summed E-state index contributed by atoms with van der Waals surface area (Å²) < 4.78 is 64.0. The smallest absolute Gasteiger partial charge is 0.259 e. The molecule has 5 N–H and O–H groups in total. The molecule has 4 aliphatic heterocycles. The summed E-state index contributed by atoms with van der Waals surface area (Å²) >= 11 is 0. The van der Waals surface area contributed by atoms with Crippen LogP contribution in [-0.4, -0.2) is 133 Å². The summed E-state index contributed by atoms with van der Waals surface area (Å²) in [6.45, 7) is 3.41. The Morgan fingerprint density at radius 3 is 1.89 bits per heavy atom. The number of anilines is 2. The minimum absolute atomic E-state index is 0.0530. The number of aromatic nitrogens is 2. The zero-order valence-electron chi connectivity index (χ0n) is 34.0. The molecule has 2 aliphatic carbocycles. The Balaban J connectivity index is 1.10. The average molecular weight is 808 g/mol. The largest absolute Gasteiger partial charge is 0.381 e. The summed E-state index contributed by atoms with van der Waals surface area (Å²) in [6, 6.07) is -2.08. The molecule has 7 rings (SSSR count). The van der Waals surface area contributed by atoms with E-state index in [1.165, 1.54) is 44.9 Å². The van der Waals surface area contributed by atoms with E-state index in [0.717, 1.165) is 77.3 Å². The third kappa shape index (κ3) is 9.52. The van der Waals surface area contributed by atoms with Crippen molar-refractivity contribution in [3.05, 3.63) is 5.56 Å². The number of hydrogen-bond donors (Lipinski definition) is 4. The van der Waals surface area contributed by atoms with Crippen LogP contribution in [0.25, 0.3) is 0 Å². The second-order valence-electron chi connectivity index (χ2n) is 18.1. The number of piperidine rings is 2. The van der Waals surface area contributed by atoms with Crippen molar-refractivity contribution in [1.82, 2.24) is 34.5 Å². The molecular weight excluding hydrogens is 737 g/mol. The number of likely N-dealkylation sites (tertiary alicyclic amines) is 1. The molecule has 3 saturated heterocycles. The first-order valence-corrected chi connectivity index (χ1v) is 24.0. The number of sulfonamides is 1. The number of amides is 1. The molecule has 5 fully saturated rings. The third-order valence-corrected chi connectivity index (χ3v) is 16.8. The van der Waals surface area contributed by atoms with Crippen LogP contribution in [0.5, 0.6) is 0 Å². The van der Waals surface area contributed by atoms with E-state index in [4.69, 9.17) is 5.73 Å². The maximum Gasteiger partial charge on any atom is 0.259 e. The fourth-order valence-electron chi connectivity index (χ4n) is 11.2. The maximum atomic E-state index is 17.4.